The fourth-order valence-electron chi connectivity index (χ4n) is 2.49. The van der Waals surface area contributed by atoms with E-state index in [1.807, 2.05) is 36.4 Å². The normalized spacial score (nSPS) is 11.0. The van der Waals surface area contributed by atoms with Crippen molar-refractivity contribution in [3.63, 3.8) is 0 Å². The molecule has 138 valence electrons. The zero-order valence-electron chi connectivity index (χ0n) is 15.2. The maximum atomic E-state index is 10.4. The second-order valence-electron chi connectivity index (χ2n) is 6.16. The van der Waals surface area contributed by atoms with Gasteiger partial charge in [0.15, 0.2) is 0 Å². The van der Waals surface area contributed by atoms with E-state index in [0.29, 0.717) is 13.0 Å². The number of hydrogen-bond acceptors (Lipinski definition) is 4. The summed E-state index contributed by atoms with van der Waals surface area (Å²) in [6, 6.07) is 15.6. The van der Waals surface area contributed by atoms with Gasteiger partial charge in [-0.2, -0.15) is 10.2 Å². The topological polar surface area (TPSA) is 71.2 Å². The van der Waals surface area contributed by atoms with Crippen molar-refractivity contribution in [2.45, 2.75) is 45.4 Å². The van der Waals surface area contributed by atoms with Gasteiger partial charge in [0.25, 0.3) is 0 Å². The van der Waals surface area contributed by atoms with Gasteiger partial charge < -0.3 is 9.84 Å². The molecule has 5 heteroatoms. The molecule has 0 unspecified atom stereocenters. The van der Waals surface area contributed by atoms with Crippen LogP contribution < -0.4 is 4.74 Å². The summed E-state index contributed by atoms with van der Waals surface area (Å²) in [4.78, 5) is 10.4. The highest BCUT2D eigenvalue weighted by molar-refractivity contribution is 5.66. The van der Waals surface area contributed by atoms with Crippen molar-refractivity contribution < 1.29 is 14.6 Å². The second kappa shape index (κ2) is 11.0. The Labute approximate surface area is 154 Å². The molecule has 0 saturated heterocycles. The smallest absolute Gasteiger partial charge is 0.303 e. The molecule has 0 aromatic heterocycles. The minimum atomic E-state index is -0.743. The predicted octanol–water partition coefficient (Wildman–Crippen LogP) is 6.08. The van der Waals surface area contributed by atoms with Crippen LogP contribution in [0, 0.1) is 0 Å². The van der Waals surface area contributed by atoms with Crippen LogP contribution in [0.15, 0.2) is 58.8 Å². The van der Waals surface area contributed by atoms with Gasteiger partial charge in [-0.1, -0.05) is 25.5 Å². The third-order valence-electron chi connectivity index (χ3n) is 3.90. The van der Waals surface area contributed by atoms with Gasteiger partial charge in [0.05, 0.1) is 18.0 Å². The average Bonchev–Trinajstić information content (AvgIpc) is 2.65. The van der Waals surface area contributed by atoms with E-state index in [4.69, 9.17) is 9.84 Å². The number of hydrogen-bond donors (Lipinski definition) is 1. The first-order chi connectivity index (χ1) is 12.7. The van der Waals surface area contributed by atoms with Gasteiger partial charge >= 0.3 is 5.97 Å². The largest absolute Gasteiger partial charge is 0.494 e. The van der Waals surface area contributed by atoms with E-state index in [2.05, 4.69) is 29.3 Å². The van der Waals surface area contributed by atoms with E-state index in [-0.39, 0.29) is 6.42 Å². The number of unbranched alkanes of at least 4 members (excludes halogenated alkanes) is 2. The molecule has 1 N–H and O–H groups in total. The Kier molecular flexibility index (Phi) is 8.33. The fraction of sp³-hybridized carbons (Fsp3) is 0.381. The van der Waals surface area contributed by atoms with Crippen LogP contribution in [0.5, 0.6) is 5.75 Å². The van der Waals surface area contributed by atoms with Crippen molar-refractivity contribution in [3.8, 4) is 5.75 Å². The summed E-state index contributed by atoms with van der Waals surface area (Å²) in [5.74, 6) is 0.0404. The number of carbonyl (C=O) groups is 1. The van der Waals surface area contributed by atoms with E-state index in [1.54, 1.807) is 0 Å². The summed E-state index contributed by atoms with van der Waals surface area (Å²) < 4.78 is 5.65. The lowest BCUT2D eigenvalue weighted by molar-refractivity contribution is -0.137. The molecule has 2 rings (SSSR count). The monoisotopic (exact) mass is 354 g/mol. The molecule has 0 bridgehead atoms. The molecule has 0 aliphatic carbocycles. The van der Waals surface area contributed by atoms with Gasteiger partial charge in [-0.25, -0.2) is 0 Å². The zero-order valence-corrected chi connectivity index (χ0v) is 15.2. The number of azo groups is 1. The first-order valence-electron chi connectivity index (χ1n) is 9.12. The fourth-order valence-corrected chi connectivity index (χ4v) is 2.49. The minimum absolute atomic E-state index is 0.223. The van der Waals surface area contributed by atoms with E-state index in [1.165, 1.54) is 5.56 Å². The molecule has 0 atom stereocenters. The Hall–Kier alpha value is -2.69. The molecule has 26 heavy (non-hydrogen) atoms. The highest BCUT2D eigenvalue weighted by atomic mass is 16.5. The number of aliphatic carboxylic acids is 1. The molecule has 2 aromatic rings. The summed E-state index contributed by atoms with van der Waals surface area (Å²) in [5.41, 5.74) is 2.93. The highest BCUT2D eigenvalue weighted by Crippen LogP contribution is 2.22. The van der Waals surface area contributed by atoms with Gasteiger partial charge in [-0.15, -0.1) is 0 Å². The molecular weight excluding hydrogens is 328 g/mol. The molecule has 0 fully saturated rings. The standard InChI is InChI=1S/C21H26N2O3/c1-2-6-17-8-10-18(11-9-17)22-23-19-12-14-20(15-13-19)26-16-5-3-4-7-21(24)25/h8-15H,2-7,16H2,1H3,(H,24,25). The molecule has 2 aromatic carbocycles. The number of benzene rings is 2. The lowest BCUT2D eigenvalue weighted by Gasteiger charge is -2.05. The first-order valence-corrected chi connectivity index (χ1v) is 9.12. The number of nitrogens with zero attached hydrogens (tertiary/aromatic N) is 2. The third kappa shape index (κ3) is 7.47. The highest BCUT2D eigenvalue weighted by Gasteiger charge is 1.98. The third-order valence-corrected chi connectivity index (χ3v) is 3.90. The van der Waals surface area contributed by atoms with Gasteiger partial charge in [0, 0.05) is 6.42 Å². The summed E-state index contributed by atoms with van der Waals surface area (Å²) in [6.45, 7) is 2.76. The van der Waals surface area contributed by atoms with Crippen LogP contribution in [0.2, 0.25) is 0 Å². The van der Waals surface area contributed by atoms with Gasteiger partial charge in [0.2, 0.25) is 0 Å². The lowest BCUT2D eigenvalue weighted by Crippen LogP contribution is -1.98. The second-order valence-corrected chi connectivity index (χ2v) is 6.16. The Balaban J connectivity index is 1.75. The van der Waals surface area contributed by atoms with Crippen molar-refractivity contribution >= 4 is 17.3 Å². The molecule has 0 heterocycles. The average molecular weight is 354 g/mol. The molecule has 0 radical (unpaired) electrons. The molecule has 5 nitrogen and oxygen atoms in total. The maximum Gasteiger partial charge on any atom is 0.303 e. The molecular formula is C21H26N2O3. The van der Waals surface area contributed by atoms with Crippen molar-refractivity contribution in [1.82, 2.24) is 0 Å². The van der Waals surface area contributed by atoms with Crippen molar-refractivity contribution in [1.29, 1.82) is 0 Å². The predicted molar refractivity (Wildman–Crippen MR) is 103 cm³/mol. The Morgan fingerprint density at radius 2 is 1.54 bits per heavy atom. The van der Waals surface area contributed by atoms with Crippen LogP contribution in [-0.4, -0.2) is 17.7 Å². The van der Waals surface area contributed by atoms with Gasteiger partial charge in [-0.05, 0) is 67.6 Å². The van der Waals surface area contributed by atoms with E-state index in [0.717, 1.165) is 42.8 Å². The van der Waals surface area contributed by atoms with Crippen LogP contribution in [0.4, 0.5) is 11.4 Å². The molecule has 0 aliphatic rings. The number of carboxylic acid groups (broad SMARTS) is 1. The molecule has 0 aliphatic heterocycles. The number of aryl methyl sites for hydroxylation is 1. The molecule has 0 spiro atoms. The molecule has 0 saturated carbocycles. The van der Waals surface area contributed by atoms with Crippen LogP contribution in [0.25, 0.3) is 0 Å². The van der Waals surface area contributed by atoms with Crippen LogP contribution in [0.1, 0.15) is 44.6 Å². The van der Waals surface area contributed by atoms with Crippen molar-refractivity contribution in [2.75, 3.05) is 6.61 Å². The van der Waals surface area contributed by atoms with Crippen LogP contribution in [-0.2, 0) is 11.2 Å². The maximum absolute atomic E-state index is 10.4. The first kappa shape index (κ1) is 19.6. The van der Waals surface area contributed by atoms with Crippen LogP contribution in [0.3, 0.4) is 0 Å². The summed E-state index contributed by atoms with van der Waals surface area (Å²) >= 11 is 0. The Morgan fingerprint density at radius 1 is 0.923 bits per heavy atom. The summed E-state index contributed by atoms with van der Waals surface area (Å²) in [6.07, 6.45) is 4.84. The van der Waals surface area contributed by atoms with E-state index in [9.17, 15) is 4.79 Å². The number of ether oxygens (including phenoxy) is 1. The molecule has 0 amide bonds. The number of rotatable bonds is 11. The summed E-state index contributed by atoms with van der Waals surface area (Å²) in [7, 11) is 0. The lowest BCUT2D eigenvalue weighted by atomic mass is 10.1. The number of carboxylic acids is 1. The zero-order chi connectivity index (χ0) is 18.6. The Morgan fingerprint density at radius 3 is 2.12 bits per heavy atom. The quantitative estimate of drug-likeness (QED) is 0.393. The summed E-state index contributed by atoms with van der Waals surface area (Å²) in [5, 5.41) is 17.1. The van der Waals surface area contributed by atoms with Crippen molar-refractivity contribution in [3.05, 3.63) is 54.1 Å². The van der Waals surface area contributed by atoms with Crippen molar-refractivity contribution in [2.24, 2.45) is 10.2 Å². The van der Waals surface area contributed by atoms with E-state index >= 15 is 0 Å². The van der Waals surface area contributed by atoms with Crippen LogP contribution >= 0.6 is 0 Å². The van der Waals surface area contributed by atoms with E-state index < -0.39 is 5.97 Å². The van der Waals surface area contributed by atoms with Gasteiger partial charge in [0.1, 0.15) is 5.75 Å². The SMILES string of the molecule is CCCc1ccc(N=Nc2ccc(OCCCCCC(=O)O)cc2)cc1. The Bertz CT molecular complexity index is 694. The van der Waals surface area contributed by atoms with Gasteiger partial charge in [-0.3, -0.25) is 4.79 Å². The minimum Gasteiger partial charge on any atom is -0.494 e.